The SMILES string of the molecule is CO/N=C/[C@@H](F)[C@H](OC(=O)c1ccc(C(F)(F)F)cc1)C(O)COC(=O)c1ccc(C(F)(F)F)cc1. The van der Waals surface area contributed by atoms with E-state index < -0.39 is 66.0 Å². The lowest BCUT2D eigenvalue weighted by molar-refractivity contribution is -0.138. The van der Waals surface area contributed by atoms with E-state index in [1.54, 1.807) is 0 Å². The third-order valence-corrected chi connectivity index (χ3v) is 4.53. The minimum absolute atomic E-state index is 0.314. The summed E-state index contributed by atoms with van der Waals surface area (Å²) in [6, 6.07) is 5.62. The molecule has 36 heavy (non-hydrogen) atoms. The predicted octanol–water partition coefficient (Wildman–Crippen LogP) is 4.44. The molecule has 0 spiro atoms. The summed E-state index contributed by atoms with van der Waals surface area (Å²) in [5.74, 6) is -2.48. The van der Waals surface area contributed by atoms with E-state index in [1.165, 1.54) is 0 Å². The van der Waals surface area contributed by atoms with E-state index in [1.807, 2.05) is 0 Å². The Bertz CT molecular complexity index is 1050. The zero-order valence-electron chi connectivity index (χ0n) is 18.2. The van der Waals surface area contributed by atoms with Crippen LogP contribution in [0.4, 0.5) is 30.7 Å². The van der Waals surface area contributed by atoms with Gasteiger partial charge in [0.25, 0.3) is 0 Å². The number of benzene rings is 2. The van der Waals surface area contributed by atoms with Crippen molar-refractivity contribution in [1.82, 2.24) is 0 Å². The lowest BCUT2D eigenvalue weighted by Crippen LogP contribution is -2.43. The first-order valence-corrected chi connectivity index (χ1v) is 9.85. The third-order valence-electron chi connectivity index (χ3n) is 4.53. The second-order valence-electron chi connectivity index (χ2n) is 7.07. The van der Waals surface area contributed by atoms with Crippen LogP contribution in [-0.4, -0.2) is 55.4 Å². The van der Waals surface area contributed by atoms with Gasteiger partial charge in [-0.15, -0.1) is 0 Å². The quantitative estimate of drug-likeness (QED) is 0.225. The number of alkyl halides is 7. The van der Waals surface area contributed by atoms with Crippen LogP contribution in [0.1, 0.15) is 31.8 Å². The molecular weight excluding hydrogens is 507 g/mol. The molecule has 2 aromatic rings. The first-order chi connectivity index (χ1) is 16.7. The van der Waals surface area contributed by atoms with Crippen LogP contribution < -0.4 is 0 Å². The van der Waals surface area contributed by atoms with E-state index in [9.17, 15) is 45.4 Å². The largest absolute Gasteiger partial charge is 0.459 e. The van der Waals surface area contributed by atoms with Gasteiger partial charge in [0.1, 0.15) is 19.8 Å². The molecule has 0 radical (unpaired) electrons. The number of ether oxygens (including phenoxy) is 2. The van der Waals surface area contributed by atoms with Gasteiger partial charge in [0.2, 0.25) is 0 Å². The van der Waals surface area contributed by atoms with E-state index in [0.717, 1.165) is 31.4 Å². The molecule has 0 aliphatic rings. The Labute approximate surface area is 199 Å². The molecule has 0 aromatic heterocycles. The second-order valence-corrected chi connectivity index (χ2v) is 7.07. The van der Waals surface area contributed by atoms with Crippen LogP contribution in [-0.2, 0) is 26.7 Å². The Hall–Kier alpha value is -3.68. The van der Waals surface area contributed by atoms with Crippen LogP contribution in [0, 0.1) is 0 Å². The van der Waals surface area contributed by atoms with Crippen LogP contribution in [0.15, 0.2) is 53.7 Å². The first-order valence-electron chi connectivity index (χ1n) is 9.85. The van der Waals surface area contributed by atoms with Gasteiger partial charge in [-0.1, -0.05) is 5.16 Å². The number of carbonyl (C=O) groups is 2. The molecule has 0 amide bonds. The Balaban J connectivity index is 2.11. The lowest BCUT2D eigenvalue weighted by Gasteiger charge is -2.24. The lowest BCUT2D eigenvalue weighted by atomic mass is 10.1. The average Bonchev–Trinajstić information content (AvgIpc) is 2.83. The highest BCUT2D eigenvalue weighted by molar-refractivity contribution is 5.90. The van der Waals surface area contributed by atoms with Gasteiger partial charge in [-0.2, -0.15) is 26.3 Å². The molecule has 1 unspecified atom stereocenters. The van der Waals surface area contributed by atoms with Crippen molar-refractivity contribution in [2.24, 2.45) is 5.16 Å². The molecular formula is C22H18F7NO6. The topological polar surface area (TPSA) is 94.4 Å². The van der Waals surface area contributed by atoms with Gasteiger partial charge >= 0.3 is 24.3 Å². The number of halogens is 7. The summed E-state index contributed by atoms with van der Waals surface area (Å²) >= 11 is 0. The highest BCUT2D eigenvalue weighted by Crippen LogP contribution is 2.30. The molecule has 0 aliphatic heterocycles. The van der Waals surface area contributed by atoms with Crippen molar-refractivity contribution in [3.05, 3.63) is 70.8 Å². The van der Waals surface area contributed by atoms with E-state index in [2.05, 4.69) is 9.99 Å². The van der Waals surface area contributed by atoms with Crippen molar-refractivity contribution in [3.63, 3.8) is 0 Å². The van der Waals surface area contributed by atoms with Crippen molar-refractivity contribution in [1.29, 1.82) is 0 Å². The number of hydrogen-bond acceptors (Lipinski definition) is 7. The van der Waals surface area contributed by atoms with Crippen LogP contribution in [0.2, 0.25) is 0 Å². The molecule has 0 heterocycles. The first kappa shape index (κ1) is 28.6. The highest BCUT2D eigenvalue weighted by Gasteiger charge is 2.34. The fourth-order valence-electron chi connectivity index (χ4n) is 2.68. The zero-order chi connectivity index (χ0) is 27.1. The Kier molecular flexibility index (Phi) is 9.39. The Morgan fingerprint density at radius 1 is 0.889 bits per heavy atom. The van der Waals surface area contributed by atoms with Crippen molar-refractivity contribution >= 4 is 18.2 Å². The smallest absolute Gasteiger partial charge is 0.416 e. The fraction of sp³-hybridized carbons (Fsp3) is 0.318. The number of nitrogens with zero attached hydrogens (tertiary/aromatic N) is 1. The van der Waals surface area contributed by atoms with Gasteiger partial charge in [0.15, 0.2) is 12.3 Å². The summed E-state index contributed by atoms with van der Waals surface area (Å²) in [5, 5.41) is 13.4. The maximum atomic E-state index is 14.5. The molecule has 7 nitrogen and oxygen atoms in total. The molecule has 0 bridgehead atoms. The molecule has 2 aromatic carbocycles. The number of oxime groups is 1. The molecule has 14 heteroatoms. The summed E-state index contributed by atoms with van der Waals surface area (Å²) in [4.78, 5) is 28.7. The molecule has 0 aliphatic carbocycles. The van der Waals surface area contributed by atoms with Crippen molar-refractivity contribution in [3.8, 4) is 0 Å². The maximum absolute atomic E-state index is 14.5. The number of carbonyl (C=O) groups excluding carboxylic acids is 2. The fourth-order valence-corrected chi connectivity index (χ4v) is 2.68. The maximum Gasteiger partial charge on any atom is 0.416 e. The van der Waals surface area contributed by atoms with Crippen molar-refractivity contribution in [2.45, 2.75) is 30.7 Å². The van der Waals surface area contributed by atoms with E-state index >= 15 is 0 Å². The summed E-state index contributed by atoms with van der Waals surface area (Å²) in [6.07, 6.45) is -15.2. The minimum atomic E-state index is -4.67. The third kappa shape index (κ3) is 7.93. The predicted molar refractivity (Wildman–Crippen MR) is 109 cm³/mol. The van der Waals surface area contributed by atoms with E-state index in [-0.39, 0.29) is 5.56 Å². The van der Waals surface area contributed by atoms with Gasteiger partial charge in [-0.3, -0.25) is 0 Å². The van der Waals surface area contributed by atoms with E-state index in [0.29, 0.717) is 30.5 Å². The van der Waals surface area contributed by atoms with Gasteiger partial charge in [0, 0.05) is 0 Å². The molecule has 2 rings (SSSR count). The summed E-state index contributed by atoms with van der Waals surface area (Å²) < 4.78 is 100. The van der Waals surface area contributed by atoms with Gasteiger partial charge < -0.3 is 19.4 Å². The summed E-state index contributed by atoms with van der Waals surface area (Å²) in [5.41, 5.74) is -2.79. The van der Waals surface area contributed by atoms with Crippen LogP contribution in [0.5, 0.6) is 0 Å². The van der Waals surface area contributed by atoms with Crippen LogP contribution in [0.25, 0.3) is 0 Å². The highest BCUT2D eigenvalue weighted by atomic mass is 19.4. The molecule has 0 saturated heterocycles. The number of esters is 2. The number of aliphatic hydroxyl groups is 1. The van der Waals surface area contributed by atoms with Gasteiger partial charge in [0.05, 0.1) is 28.5 Å². The van der Waals surface area contributed by atoms with Crippen LogP contribution >= 0.6 is 0 Å². The Morgan fingerprint density at radius 2 is 1.33 bits per heavy atom. The minimum Gasteiger partial charge on any atom is -0.459 e. The summed E-state index contributed by atoms with van der Waals surface area (Å²) in [6.45, 7) is -0.966. The molecule has 0 saturated carbocycles. The normalized spacial score (nSPS) is 14.7. The standard InChI is InChI=1S/C22H18F7NO6/c1-34-30-10-16(23)18(36-20(33)13-4-8-15(9-5-13)22(27,28)29)17(31)11-35-19(32)12-2-6-14(7-3-12)21(24,25)26/h2-10,16-18,31H,11H2,1H3/b30-10+/t16-,17?,18+/m1/s1. The van der Waals surface area contributed by atoms with Crippen molar-refractivity contribution < 1.29 is 59.7 Å². The number of aliphatic hydroxyl groups excluding tert-OH is 1. The van der Waals surface area contributed by atoms with Crippen LogP contribution in [0.3, 0.4) is 0 Å². The van der Waals surface area contributed by atoms with Gasteiger partial charge in [-0.05, 0) is 48.5 Å². The molecule has 3 atom stereocenters. The molecule has 0 fully saturated rings. The number of hydrogen-bond donors (Lipinski definition) is 1. The van der Waals surface area contributed by atoms with Crippen molar-refractivity contribution in [2.75, 3.05) is 13.7 Å². The summed E-state index contributed by atoms with van der Waals surface area (Å²) in [7, 11) is 1.06. The monoisotopic (exact) mass is 525 g/mol. The molecule has 1 N–H and O–H groups in total. The molecule has 196 valence electrons. The van der Waals surface area contributed by atoms with Gasteiger partial charge in [-0.25, -0.2) is 14.0 Å². The second kappa shape index (κ2) is 11.8. The number of rotatable bonds is 9. The Morgan fingerprint density at radius 3 is 1.75 bits per heavy atom. The zero-order valence-corrected chi connectivity index (χ0v) is 18.2. The average molecular weight is 525 g/mol. The van der Waals surface area contributed by atoms with E-state index in [4.69, 9.17) is 9.47 Å².